The monoisotopic (exact) mass is 330 g/mol. The molecule has 0 saturated carbocycles. The zero-order valence-electron chi connectivity index (χ0n) is 13.2. The van der Waals surface area contributed by atoms with E-state index >= 15 is 0 Å². The number of ether oxygens (including phenoxy) is 1. The first-order valence-electron chi connectivity index (χ1n) is 7.66. The van der Waals surface area contributed by atoms with Gasteiger partial charge in [-0.2, -0.15) is 0 Å². The van der Waals surface area contributed by atoms with Gasteiger partial charge in [-0.25, -0.2) is 4.79 Å². The van der Waals surface area contributed by atoms with Gasteiger partial charge in [-0.1, -0.05) is 60.7 Å². The molecule has 0 spiro atoms. The van der Waals surface area contributed by atoms with E-state index in [9.17, 15) is 14.4 Å². The van der Waals surface area contributed by atoms with Crippen LogP contribution in [0.3, 0.4) is 0 Å². The largest absolute Gasteiger partial charge is 0.423 e. The van der Waals surface area contributed by atoms with Gasteiger partial charge in [0.05, 0.1) is 5.56 Å². The molecule has 4 heteroatoms. The average molecular weight is 330 g/mol. The first-order chi connectivity index (χ1) is 12.1. The smallest absolute Gasteiger partial charge is 0.343 e. The SMILES string of the molecule is O=C(Oc1ccccc1)c1cccc(C(=O)C(=O)c2ccccc2)c1. The number of para-hydroxylation sites is 1. The number of hydrogen-bond acceptors (Lipinski definition) is 4. The van der Waals surface area contributed by atoms with Crippen molar-refractivity contribution in [2.45, 2.75) is 0 Å². The fraction of sp³-hybridized carbons (Fsp3) is 0. The Kier molecular flexibility index (Phi) is 4.81. The number of carbonyl (C=O) groups is 3. The lowest BCUT2D eigenvalue weighted by atomic mass is 10.00. The van der Waals surface area contributed by atoms with E-state index in [1.165, 1.54) is 18.2 Å². The van der Waals surface area contributed by atoms with Crippen LogP contribution >= 0.6 is 0 Å². The van der Waals surface area contributed by atoms with Crippen molar-refractivity contribution >= 4 is 17.5 Å². The molecular weight excluding hydrogens is 316 g/mol. The Morgan fingerprint density at radius 1 is 0.560 bits per heavy atom. The molecule has 3 aromatic carbocycles. The van der Waals surface area contributed by atoms with Crippen LogP contribution in [0.5, 0.6) is 5.75 Å². The highest BCUT2D eigenvalue weighted by Gasteiger charge is 2.19. The number of benzene rings is 3. The molecule has 3 aromatic rings. The molecule has 25 heavy (non-hydrogen) atoms. The molecule has 0 aliphatic heterocycles. The highest BCUT2D eigenvalue weighted by atomic mass is 16.5. The van der Waals surface area contributed by atoms with Crippen molar-refractivity contribution in [3.8, 4) is 5.75 Å². The van der Waals surface area contributed by atoms with E-state index < -0.39 is 17.5 Å². The summed E-state index contributed by atoms with van der Waals surface area (Å²) < 4.78 is 5.25. The zero-order valence-corrected chi connectivity index (χ0v) is 13.2. The molecule has 0 aromatic heterocycles. The molecule has 0 unspecified atom stereocenters. The van der Waals surface area contributed by atoms with E-state index in [-0.39, 0.29) is 11.1 Å². The number of Topliss-reactive ketones (excluding diaryl/α,β-unsaturated/α-hetero) is 2. The van der Waals surface area contributed by atoms with Gasteiger partial charge in [-0.15, -0.1) is 0 Å². The number of rotatable bonds is 5. The molecule has 0 radical (unpaired) electrons. The molecule has 0 amide bonds. The molecule has 0 aliphatic rings. The van der Waals surface area contributed by atoms with Crippen LogP contribution in [0, 0.1) is 0 Å². The van der Waals surface area contributed by atoms with Gasteiger partial charge < -0.3 is 4.74 Å². The third-order valence-corrected chi connectivity index (χ3v) is 3.56. The second-order valence-corrected chi connectivity index (χ2v) is 5.31. The van der Waals surface area contributed by atoms with Gasteiger partial charge in [0.2, 0.25) is 11.6 Å². The summed E-state index contributed by atoms with van der Waals surface area (Å²) in [6.45, 7) is 0. The van der Waals surface area contributed by atoms with E-state index in [1.54, 1.807) is 60.7 Å². The normalized spacial score (nSPS) is 10.1. The Labute approximate surface area is 144 Å². The minimum absolute atomic E-state index is 0.149. The minimum atomic E-state index is -0.666. The van der Waals surface area contributed by atoms with Crippen molar-refractivity contribution < 1.29 is 19.1 Å². The first kappa shape index (κ1) is 16.3. The fourth-order valence-electron chi connectivity index (χ4n) is 2.29. The lowest BCUT2D eigenvalue weighted by Crippen LogP contribution is -2.16. The predicted molar refractivity (Wildman–Crippen MR) is 92.9 cm³/mol. The maximum Gasteiger partial charge on any atom is 0.343 e. The quantitative estimate of drug-likeness (QED) is 0.307. The molecule has 0 N–H and O–H groups in total. The number of carbonyl (C=O) groups excluding carboxylic acids is 3. The summed E-state index contributed by atoms with van der Waals surface area (Å²) in [5.74, 6) is -1.47. The number of esters is 1. The standard InChI is InChI=1S/C21H14O4/c22-19(15-8-3-1-4-9-15)20(23)16-10-7-11-17(14-16)21(24)25-18-12-5-2-6-13-18/h1-14H. The number of ketones is 2. The van der Waals surface area contributed by atoms with Crippen molar-refractivity contribution in [1.29, 1.82) is 0 Å². The Hall–Kier alpha value is -3.53. The second-order valence-electron chi connectivity index (χ2n) is 5.31. The van der Waals surface area contributed by atoms with Crippen LogP contribution in [0.25, 0.3) is 0 Å². The van der Waals surface area contributed by atoms with Gasteiger partial charge in [-0.05, 0) is 24.3 Å². The van der Waals surface area contributed by atoms with Crippen LogP contribution in [-0.4, -0.2) is 17.5 Å². The molecule has 0 fully saturated rings. The Morgan fingerprint density at radius 3 is 1.76 bits per heavy atom. The Balaban J connectivity index is 1.80. The Morgan fingerprint density at radius 2 is 1.08 bits per heavy atom. The summed E-state index contributed by atoms with van der Waals surface area (Å²) in [6.07, 6.45) is 0. The molecule has 0 atom stereocenters. The fourth-order valence-corrected chi connectivity index (χ4v) is 2.29. The second kappa shape index (κ2) is 7.36. The molecule has 4 nitrogen and oxygen atoms in total. The highest BCUT2D eigenvalue weighted by Crippen LogP contribution is 2.14. The maximum atomic E-state index is 12.4. The lowest BCUT2D eigenvalue weighted by molar-refractivity contribution is 0.0734. The van der Waals surface area contributed by atoms with Gasteiger partial charge in [0.25, 0.3) is 0 Å². The molecule has 0 bridgehead atoms. The van der Waals surface area contributed by atoms with Gasteiger partial charge in [0, 0.05) is 11.1 Å². The van der Waals surface area contributed by atoms with Crippen molar-refractivity contribution in [2.24, 2.45) is 0 Å². The summed E-state index contributed by atoms with van der Waals surface area (Å²) in [4.78, 5) is 36.8. The highest BCUT2D eigenvalue weighted by molar-refractivity contribution is 6.49. The van der Waals surface area contributed by atoms with E-state index in [4.69, 9.17) is 4.74 Å². The average Bonchev–Trinajstić information content (AvgIpc) is 2.68. The van der Waals surface area contributed by atoms with Crippen molar-refractivity contribution in [3.05, 3.63) is 102 Å². The van der Waals surface area contributed by atoms with E-state index in [0.29, 0.717) is 11.3 Å². The van der Waals surface area contributed by atoms with Gasteiger partial charge in [-0.3, -0.25) is 9.59 Å². The van der Waals surface area contributed by atoms with Crippen LogP contribution in [0.4, 0.5) is 0 Å². The minimum Gasteiger partial charge on any atom is -0.423 e. The molecule has 3 rings (SSSR count). The predicted octanol–water partition coefficient (Wildman–Crippen LogP) is 3.97. The van der Waals surface area contributed by atoms with E-state index in [0.717, 1.165) is 0 Å². The Bertz CT molecular complexity index is 915. The summed E-state index contributed by atoms with van der Waals surface area (Å²) in [5, 5.41) is 0. The van der Waals surface area contributed by atoms with Gasteiger partial charge in [0.15, 0.2) is 0 Å². The number of hydrogen-bond donors (Lipinski definition) is 0. The van der Waals surface area contributed by atoms with Crippen molar-refractivity contribution in [3.63, 3.8) is 0 Å². The molecule has 0 heterocycles. The summed E-state index contributed by atoms with van der Waals surface area (Å²) >= 11 is 0. The van der Waals surface area contributed by atoms with Gasteiger partial charge >= 0.3 is 5.97 Å². The van der Waals surface area contributed by atoms with Crippen LogP contribution in [0.1, 0.15) is 31.1 Å². The summed E-state index contributed by atoms with van der Waals surface area (Å²) in [7, 11) is 0. The molecular formula is C21H14O4. The van der Waals surface area contributed by atoms with Crippen LogP contribution in [-0.2, 0) is 0 Å². The van der Waals surface area contributed by atoms with Crippen molar-refractivity contribution in [2.75, 3.05) is 0 Å². The molecule has 0 saturated heterocycles. The molecule has 0 aliphatic carbocycles. The maximum absolute atomic E-state index is 12.4. The van der Waals surface area contributed by atoms with E-state index in [1.807, 2.05) is 6.07 Å². The third-order valence-electron chi connectivity index (χ3n) is 3.56. The van der Waals surface area contributed by atoms with Crippen LogP contribution in [0.2, 0.25) is 0 Å². The molecule has 122 valence electrons. The zero-order chi connectivity index (χ0) is 17.6. The van der Waals surface area contributed by atoms with Crippen LogP contribution in [0.15, 0.2) is 84.9 Å². The summed E-state index contributed by atoms with van der Waals surface area (Å²) in [6, 6.07) is 22.9. The van der Waals surface area contributed by atoms with E-state index in [2.05, 4.69) is 0 Å². The van der Waals surface area contributed by atoms with Crippen molar-refractivity contribution in [1.82, 2.24) is 0 Å². The van der Waals surface area contributed by atoms with Crippen LogP contribution < -0.4 is 4.74 Å². The topological polar surface area (TPSA) is 60.4 Å². The van der Waals surface area contributed by atoms with Gasteiger partial charge in [0.1, 0.15) is 5.75 Å². The third kappa shape index (κ3) is 3.87. The summed E-state index contributed by atoms with van der Waals surface area (Å²) in [5.41, 5.74) is 0.664. The first-order valence-corrected chi connectivity index (χ1v) is 7.66. The lowest BCUT2D eigenvalue weighted by Gasteiger charge is -2.06.